The fourth-order valence-corrected chi connectivity index (χ4v) is 1.95. The van der Waals surface area contributed by atoms with Crippen LogP contribution in [0.4, 0.5) is 0 Å². The zero-order valence-corrected chi connectivity index (χ0v) is 11.3. The van der Waals surface area contributed by atoms with Crippen LogP contribution in [0.1, 0.15) is 38.4 Å². The summed E-state index contributed by atoms with van der Waals surface area (Å²) in [6, 6.07) is 1.95. The molecule has 0 bridgehead atoms. The normalized spacial score (nSPS) is 8.67. The summed E-state index contributed by atoms with van der Waals surface area (Å²) in [6.07, 6.45) is 1.80. The van der Waals surface area contributed by atoms with E-state index in [0.29, 0.717) is 0 Å². The summed E-state index contributed by atoms with van der Waals surface area (Å²) in [7, 11) is 0. The van der Waals surface area contributed by atoms with Crippen molar-refractivity contribution in [1.82, 2.24) is 9.97 Å². The summed E-state index contributed by atoms with van der Waals surface area (Å²) in [5.74, 6) is 0. The van der Waals surface area contributed by atoms with Gasteiger partial charge in [0.05, 0.1) is 20.9 Å². The maximum atomic E-state index is 4.35. The number of hydrogen-bond acceptors (Lipinski definition) is 3. The van der Waals surface area contributed by atoms with Gasteiger partial charge in [-0.1, -0.05) is 27.7 Å². The summed E-state index contributed by atoms with van der Waals surface area (Å²) < 4.78 is 1.21. The molecule has 0 unspecified atom stereocenters. The highest BCUT2D eigenvalue weighted by atomic mass is 32.1. The van der Waals surface area contributed by atoms with Crippen molar-refractivity contribution in [3.63, 3.8) is 0 Å². The van der Waals surface area contributed by atoms with Crippen molar-refractivity contribution < 1.29 is 0 Å². The van der Waals surface area contributed by atoms with Crippen LogP contribution in [0.25, 0.3) is 10.2 Å². The Hall–Kier alpha value is -0.960. The molecule has 2 aromatic rings. The molecule has 0 aromatic carbocycles. The summed E-state index contributed by atoms with van der Waals surface area (Å²) in [5, 5.41) is 1.11. The average molecular weight is 224 g/mol. The summed E-state index contributed by atoms with van der Waals surface area (Å²) in [5.41, 5.74) is 2.15. The number of thiazole rings is 1. The van der Waals surface area contributed by atoms with Crippen molar-refractivity contribution in [1.29, 1.82) is 0 Å². The summed E-state index contributed by atoms with van der Waals surface area (Å²) in [6.45, 7) is 12.0. The molecule has 0 aliphatic carbocycles. The van der Waals surface area contributed by atoms with E-state index in [0.717, 1.165) is 16.2 Å². The molecule has 84 valence electrons. The molecule has 0 saturated heterocycles. The van der Waals surface area contributed by atoms with Crippen LogP contribution in [0.2, 0.25) is 0 Å². The van der Waals surface area contributed by atoms with Gasteiger partial charge in [0.2, 0.25) is 0 Å². The first kappa shape index (κ1) is 14.0. The van der Waals surface area contributed by atoms with Crippen LogP contribution < -0.4 is 0 Å². The molecular formula is C12H20N2S. The van der Waals surface area contributed by atoms with E-state index in [9.17, 15) is 0 Å². The van der Waals surface area contributed by atoms with E-state index in [2.05, 4.69) is 9.97 Å². The molecule has 0 aliphatic rings. The Bertz CT molecular complexity index is 393. The van der Waals surface area contributed by atoms with Crippen LogP contribution in [-0.2, 0) is 0 Å². The number of pyridine rings is 1. The Kier molecular flexibility index (Phi) is 6.88. The second kappa shape index (κ2) is 7.35. The van der Waals surface area contributed by atoms with Crippen molar-refractivity contribution in [2.75, 3.05) is 0 Å². The number of hydrogen-bond donors (Lipinski definition) is 0. The van der Waals surface area contributed by atoms with E-state index in [4.69, 9.17) is 0 Å². The number of aryl methyl sites for hydroxylation is 2. The van der Waals surface area contributed by atoms with Gasteiger partial charge in [0, 0.05) is 6.20 Å². The fraction of sp³-hybridized carbons (Fsp3) is 0.500. The minimum atomic E-state index is 1.07. The van der Waals surface area contributed by atoms with Gasteiger partial charge in [-0.15, -0.1) is 11.3 Å². The molecule has 0 saturated carbocycles. The van der Waals surface area contributed by atoms with Gasteiger partial charge >= 0.3 is 0 Å². The maximum absolute atomic E-state index is 4.35. The fourth-order valence-electron chi connectivity index (χ4n) is 1.09. The Balaban J connectivity index is 0.000000442. The van der Waals surface area contributed by atoms with Crippen LogP contribution in [0.5, 0.6) is 0 Å². The molecule has 2 aromatic heterocycles. The lowest BCUT2D eigenvalue weighted by Crippen LogP contribution is -1.77. The summed E-state index contributed by atoms with van der Waals surface area (Å²) in [4.78, 5) is 8.54. The highest BCUT2D eigenvalue weighted by molar-refractivity contribution is 7.18. The lowest BCUT2D eigenvalue weighted by atomic mass is 10.3. The Morgan fingerprint density at radius 1 is 1.07 bits per heavy atom. The molecule has 0 aliphatic heterocycles. The molecule has 0 N–H and O–H groups in total. The number of nitrogens with zero attached hydrogens (tertiary/aromatic N) is 2. The van der Waals surface area contributed by atoms with Gasteiger partial charge in [-0.25, -0.2) is 4.98 Å². The first-order chi connectivity index (χ1) is 7.27. The third-order valence-electron chi connectivity index (χ3n) is 1.59. The molecule has 15 heavy (non-hydrogen) atoms. The SMILES string of the molecule is CC.CC.Cc1nc2ccnc(C)c2s1. The predicted octanol–water partition coefficient (Wildman–Crippen LogP) is 4.36. The third-order valence-corrected chi connectivity index (χ3v) is 2.68. The third kappa shape index (κ3) is 3.59. The van der Waals surface area contributed by atoms with Gasteiger partial charge in [-0.3, -0.25) is 4.98 Å². The Morgan fingerprint density at radius 2 is 1.67 bits per heavy atom. The molecule has 2 nitrogen and oxygen atoms in total. The number of aromatic nitrogens is 2. The molecule has 0 atom stereocenters. The summed E-state index contributed by atoms with van der Waals surface area (Å²) >= 11 is 1.71. The predicted molar refractivity (Wildman–Crippen MR) is 69.6 cm³/mol. The van der Waals surface area contributed by atoms with Gasteiger partial charge in [0.25, 0.3) is 0 Å². The minimum Gasteiger partial charge on any atom is -0.260 e. The Labute approximate surface area is 96.4 Å². The molecule has 2 heterocycles. The molecule has 2 rings (SSSR count). The highest BCUT2D eigenvalue weighted by Crippen LogP contribution is 2.22. The van der Waals surface area contributed by atoms with E-state index >= 15 is 0 Å². The van der Waals surface area contributed by atoms with Gasteiger partial charge in [0.1, 0.15) is 0 Å². The average Bonchev–Trinajstić information content (AvgIpc) is 2.66. The second-order valence-corrected chi connectivity index (χ2v) is 3.68. The van der Waals surface area contributed by atoms with Crippen LogP contribution in [-0.4, -0.2) is 9.97 Å². The highest BCUT2D eigenvalue weighted by Gasteiger charge is 2.01. The smallest absolute Gasteiger partial charge is 0.0908 e. The standard InChI is InChI=1S/C8H8N2S.2C2H6/c1-5-8-7(3-4-9-5)10-6(2)11-8;2*1-2/h3-4H,1-2H3;2*1-2H3. The molecule has 0 spiro atoms. The van der Waals surface area contributed by atoms with Crippen LogP contribution in [0.3, 0.4) is 0 Å². The van der Waals surface area contributed by atoms with Gasteiger partial charge in [0.15, 0.2) is 0 Å². The largest absolute Gasteiger partial charge is 0.260 e. The van der Waals surface area contributed by atoms with Crippen molar-refractivity contribution in [3.8, 4) is 0 Å². The first-order valence-corrected chi connectivity index (χ1v) is 6.28. The van der Waals surface area contributed by atoms with Gasteiger partial charge < -0.3 is 0 Å². The zero-order chi connectivity index (χ0) is 11.8. The first-order valence-electron chi connectivity index (χ1n) is 5.46. The molecule has 0 fully saturated rings. The zero-order valence-electron chi connectivity index (χ0n) is 10.5. The number of rotatable bonds is 0. The lowest BCUT2D eigenvalue weighted by molar-refractivity contribution is 1.23. The van der Waals surface area contributed by atoms with Crippen LogP contribution in [0.15, 0.2) is 12.3 Å². The second-order valence-electron chi connectivity index (χ2n) is 2.48. The topological polar surface area (TPSA) is 25.8 Å². The van der Waals surface area contributed by atoms with Gasteiger partial charge in [-0.2, -0.15) is 0 Å². The van der Waals surface area contributed by atoms with Crippen molar-refractivity contribution in [3.05, 3.63) is 23.0 Å². The van der Waals surface area contributed by atoms with E-state index in [1.54, 1.807) is 17.5 Å². The molecule has 0 radical (unpaired) electrons. The van der Waals surface area contributed by atoms with Crippen LogP contribution >= 0.6 is 11.3 Å². The molecule has 0 amide bonds. The minimum absolute atomic E-state index is 1.07. The monoisotopic (exact) mass is 224 g/mol. The lowest BCUT2D eigenvalue weighted by Gasteiger charge is -1.89. The Morgan fingerprint density at radius 3 is 2.20 bits per heavy atom. The maximum Gasteiger partial charge on any atom is 0.0908 e. The van der Waals surface area contributed by atoms with E-state index in [1.807, 2.05) is 47.6 Å². The molecular weight excluding hydrogens is 204 g/mol. The van der Waals surface area contributed by atoms with E-state index in [-0.39, 0.29) is 0 Å². The number of fused-ring (bicyclic) bond motifs is 1. The van der Waals surface area contributed by atoms with Gasteiger partial charge in [-0.05, 0) is 19.9 Å². The van der Waals surface area contributed by atoms with Crippen molar-refractivity contribution >= 4 is 21.6 Å². The van der Waals surface area contributed by atoms with E-state index < -0.39 is 0 Å². The van der Waals surface area contributed by atoms with Crippen molar-refractivity contribution in [2.45, 2.75) is 41.5 Å². The van der Waals surface area contributed by atoms with Crippen LogP contribution in [0, 0.1) is 13.8 Å². The van der Waals surface area contributed by atoms with Crippen molar-refractivity contribution in [2.24, 2.45) is 0 Å². The quantitative estimate of drug-likeness (QED) is 0.664. The van der Waals surface area contributed by atoms with E-state index in [1.165, 1.54) is 4.70 Å². The molecule has 3 heteroatoms.